The number of hydrazone groups is 1. The third-order valence-corrected chi connectivity index (χ3v) is 2.34. The van der Waals surface area contributed by atoms with Gasteiger partial charge in [0.15, 0.2) is 5.11 Å². The van der Waals surface area contributed by atoms with Crippen LogP contribution in [0.15, 0.2) is 5.10 Å². The Balaban J connectivity index is 2.90. The zero-order chi connectivity index (χ0) is 12.5. The molecule has 1 aliphatic rings. The number of nitrogens with one attached hydrogen (secondary N) is 1. The Morgan fingerprint density at radius 3 is 1.88 bits per heavy atom. The highest BCUT2D eigenvalue weighted by Gasteiger charge is 2.46. The number of nitrogens with zero attached hydrogens (tertiary/aromatic N) is 1. The smallest absolute Gasteiger partial charge is 0.184 e. The zero-order valence-electron chi connectivity index (χ0n) is 8.06. The van der Waals surface area contributed by atoms with Gasteiger partial charge in [0.25, 0.3) is 0 Å². The molecule has 5 atom stereocenters. The van der Waals surface area contributed by atoms with Gasteiger partial charge < -0.3 is 31.3 Å². The molecule has 0 amide bonds. The Morgan fingerprint density at radius 2 is 1.50 bits per heavy atom. The minimum atomic E-state index is -1.66. The molecule has 0 saturated heterocycles. The predicted octanol–water partition coefficient (Wildman–Crippen LogP) is -4.01. The lowest BCUT2D eigenvalue weighted by atomic mass is 9.86. The molecule has 8 nitrogen and oxygen atoms in total. The van der Waals surface area contributed by atoms with Crippen LogP contribution in [0.1, 0.15) is 0 Å². The van der Waals surface area contributed by atoms with E-state index in [0.29, 0.717) is 0 Å². The summed E-state index contributed by atoms with van der Waals surface area (Å²) in [7, 11) is 0. The number of hydrogen-bond acceptors (Lipinski definition) is 7. The van der Waals surface area contributed by atoms with Crippen molar-refractivity contribution in [3.8, 4) is 0 Å². The molecule has 0 aliphatic heterocycles. The maximum atomic E-state index is 9.47. The SMILES string of the molecule is NC(=S)NN=C1[C@@H](O)[C@@H](O)C(O)[C@@H](O)[C@H]1O. The summed E-state index contributed by atoms with van der Waals surface area (Å²) < 4.78 is 0. The average molecular weight is 251 g/mol. The highest BCUT2D eigenvalue weighted by atomic mass is 32.1. The molecular weight excluding hydrogens is 238 g/mol. The molecule has 0 spiro atoms. The summed E-state index contributed by atoms with van der Waals surface area (Å²) in [6, 6.07) is 0. The molecule has 0 aromatic heterocycles. The third-order valence-electron chi connectivity index (χ3n) is 2.25. The average Bonchev–Trinajstić information content (AvgIpc) is 2.23. The lowest BCUT2D eigenvalue weighted by molar-refractivity contribution is -0.130. The first-order chi connectivity index (χ1) is 7.36. The molecule has 1 rings (SSSR count). The molecule has 1 saturated carbocycles. The van der Waals surface area contributed by atoms with Gasteiger partial charge in [0.2, 0.25) is 0 Å². The first-order valence-corrected chi connectivity index (χ1v) is 4.80. The number of hydrogen-bond donors (Lipinski definition) is 7. The van der Waals surface area contributed by atoms with E-state index in [0.717, 1.165) is 0 Å². The van der Waals surface area contributed by atoms with Crippen LogP contribution in [0, 0.1) is 0 Å². The molecule has 1 unspecified atom stereocenters. The van der Waals surface area contributed by atoms with E-state index < -0.39 is 30.5 Å². The van der Waals surface area contributed by atoms with Gasteiger partial charge in [-0.05, 0) is 12.2 Å². The minimum absolute atomic E-state index is 0.206. The summed E-state index contributed by atoms with van der Waals surface area (Å²) in [5.41, 5.74) is 6.83. The van der Waals surface area contributed by atoms with E-state index >= 15 is 0 Å². The van der Waals surface area contributed by atoms with Crippen LogP contribution in [0.5, 0.6) is 0 Å². The van der Waals surface area contributed by atoms with Crippen LogP contribution < -0.4 is 11.2 Å². The number of nitrogens with two attached hydrogens (primary N) is 1. The molecule has 0 heterocycles. The maximum Gasteiger partial charge on any atom is 0.184 e. The van der Waals surface area contributed by atoms with Crippen molar-refractivity contribution in [1.82, 2.24) is 5.43 Å². The molecule has 9 heteroatoms. The standard InChI is InChI=1S/C7H13N3O5S/c8-7(16)10-9-1-2(11)4(13)6(15)5(14)3(1)12/h2-6,11-15H,(H3,8,10,16)/t2-,3+,4-,5+,6?. The number of aliphatic hydroxyl groups is 5. The first-order valence-electron chi connectivity index (χ1n) is 4.39. The summed E-state index contributed by atoms with van der Waals surface area (Å²) in [6.45, 7) is 0. The van der Waals surface area contributed by atoms with Crippen molar-refractivity contribution in [3.63, 3.8) is 0 Å². The van der Waals surface area contributed by atoms with E-state index in [2.05, 4.69) is 22.7 Å². The van der Waals surface area contributed by atoms with Crippen molar-refractivity contribution in [2.24, 2.45) is 10.8 Å². The predicted molar refractivity (Wildman–Crippen MR) is 57.4 cm³/mol. The van der Waals surface area contributed by atoms with Crippen molar-refractivity contribution in [3.05, 3.63) is 0 Å². The van der Waals surface area contributed by atoms with Gasteiger partial charge in [-0.25, -0.2) is 0 Å². The van der Waals surface area contributed by atoms with Crippen LogP contribution in [-0.2, 0) is 0 Å². The van der Waals surface area contributed by atoms with Crippen molar-refractivity contribution in [1.29, 1.82) is 0 Å². The van der Waals surface area contributed by atoms with Crippen LogP contribution in [0.4, 0.5) is 0 Å². The Labute approximate surface area is 96.0 Å². The van der Waals surface area contributed by atoms with Gasteiger partial charge in [-0.3, -0.25) is 5.43 Å². The second kappa shape index (κ2) is 4.99. The van der Waals surface area contributed by atoms with Gasteiger partial charge in [-0.15, -0.1) is 0 Å². The molecule has 0 aromatic rings. The Kier molecular flexibility index (Phi) is 4.13. The second-order valence-corrected chi connectivity index (χ2v) is 3.81. The summed E-state index contributed by atoms with van der Waals surface area (Å²) in [4.78, 5) is 0. The quantitative estimate of drug-likeness (QED) is 0.184. The summed E-state index contributed by atoms with van der Waals surface area (Å²) in [5.74, 6) is 0. The minimum Gasteiger partial charge on any atom is -0.387 e. The molecule has 0 aromatic carbocycles. The molecular formula is C7H13N3O5S. The summed E-state index contributed by atoms with van der Waals surface area (Å²) in [6.07, 6.45) is -8.19. The number of aliphatic hydroxyl groups excluding tert-OH is 5. The highest BCUT2D eigenvalue weighted by Crippen LogP contribution is 2.18. The Bertz CT molecular complexity index is 294. The van der Waals surface area contributed by atoms with E-state index in [4.69, 9.17) is 5.73 Å². The molecule has 16 heavy (non-hydrogen) atoms. The van der Waals surface area contributed by atoms with E-state index in [1.807, 2.05) is 0 Å². The fourth-order valence-electron chi connectivity index (χ4n) is 1.35. The molecule has 0 bridgehead atoms. The monoisotopic (exact) mass is 251 g/mol. The molecule has 0 radical (unpaired) electrons. The van der Waals surface area contributed by atoms with Crippen molar-refractivity contribution in [2.45, 2.75) is 30.5 Å². The molecule has 1 fully saturated rings. The van der Waals surface area contributed by atoms with Crippen molar-refractivity contribution < 1.29 is 25.5 Å². The van der Waals surface area contributed by atoms with Gasteiger partial charge in [0.05, 0.1) is 0 Å². The zero-order valence-corrected chi connectivity index (χ0v) is 8.87. The van der Waals surface area contributed by atoms with E-state index in [1.165, 1.54) is 0 Å². The lowest BCUT2D eigenvalue weighted by Gasteiger charge is -2.36. The van der Waals surface area contributed by atoms with Crippen molar-refractivity contribution in [2.75, 3.05) is 0 Å². The molecule has 92 valence electrons. The normalized spacial score (nSPS) is 42.1. The van der Waals surface area contributed by atoms with Gasteiger partial charge >= 0.3 is 0 Å². The number of rotatable bonds is 1. The Morgan fingerprint density at radius 1 is 1.06 bits per heavy atom. The van der Waals surface area contributed by atoms with E-state index in [1.54, 1.807) is 0 Å². The largest absolute Gasteiger partial charge is 0.387 e. The van der Waals surface area contributed by atoms with Gasteiger partial charge in [-0.1, -0.05) is 0 Å². The van der Waals surface area contributed by atoms with Crippen LogP contribution in [0.3, 0.4) is 0 Å². The van der Waals surface area contributed by atoms with Gasteiger partial charge in [-0.2, -0.15) is 5.10 Å². The van der Waals surface area contributed by atoms with Crippen LogP contribution in [-0.4, -0.2) is 66.9 Å². The van der Waals surface area contributed by atoms with E-state index in [-0.39, 0.29) is 10.8 Å². The van der Waals surface area contributed by atoms with Crippen LogP contribution >= 0.6 is 12.2 Å². The van der Waals surface area contributed by atoms with Crippen LogP contribution in [0.2, 0.25) is 0 Å². The summed E-state index contributed by atoms with van der Waals surface area (Å²) in [5, 5.41) is 50.1. The van der Waals surface area contributed by atoms with Crippen molar-refractivity contribution >= 4 is 23.0 Å². The highest BCUT2D eigenvalue weighted by molar-refractivity contribution is 7.80. The van der Waals surface area contributed by atoms with Gasteiger partial charge in [0, 0.05) is 0 Å². The van der Waals surface area contributed by atoms with E-state index in [9.17, 15) is 25.5 Å². The topological polar surface area (TPSA) is 152 Å². The fraction of sp³-hybridized carbons (Fsp3) is 0.714. The summed E-state index contributed by atoms with van der Waals surface area (Å²) >= 11 is 4.45. The first kappa shape index (κ1) is 13.2. The van der Waals surface area contributed by atoms with Gasteiger partial charge in [0.1, 0.15) is 36.2 Å². The molecule has 8 N–H and O–H groups in total. The number of thiocarbonyl (C=S) groups is 1. The van der Waals surface area contributed by atoms with Crippen LogP contribution in [0.25, 0.3) is 0 Å². The maximum absolute atomic E-state index is 9.47. The molecule has 1 aliphatic carbocycles. The fourth-order valence-corrected chi connectivity index (χ4v) is 1.40. The second-order valence-electron chi connectivity index (χ2n) is 3.37. The third kappa shape index (κ3) is 2.45. The Hall–Kier alpha value is -0.840. The lowest BCUT2D eigenvalue weighted by Crippen LogP contribution is -2.62.